The van der Waals surface area contributed by atoms with E-state index in [1.54, 1.807) is 32.1 Å². The molecule has 14 nitrogen and oxygen atoms in total. The number of carbonyl (C=O) groups is 5. The molecule has 2 aromatic carbocycles. The first kappa shape index (κ1) is 48.2. The molecule has 3 aromatic rings. The number of amides is 5. The van der Waals surface area contributed by atoms with Gasteiger partial charge in [-0.05, 0) is 99.8 Å². The van der Waals surface area contributed by atoms with Crippen LogP contribution >= 0.6 is 11.3 Å². The summed E-state index contributed by atoms with van der Waals surface area (Å²) in [6.45, 7) is 15.4. The number of rotatable bonds is 18. The molecule has 5 rings (SSSR count). The van der Waals surface area contributed by atoms with Crippen molar-refractivity contribution in [2.75, 3.05) is 6.54 Å². The monoisotopic (exact) mass is 874 g/mol. The van der Waals surface area contributed by atoms with Gasteiger partial charge in [0.1, 0.15) is 17.7 Å². The second-order valence-corrected chi connectivity index (χ2v) is 20.0. The van der Waals surface area contributed by atoms with Crippen LogP contribution < -0.4 is 21.7 Å². The highest BCUT2D eigenvalue weighted by Crippen LogP contribution is 2.38. The number of aliphatic hydroxyl groups excluding tert-OH is 1. The molecule has 2 heterocycles. The van der Waals surface area contributed by atoms with Gasteiger partial charge >= 0.3 is 6.09 Å². The van der Waals surface area contributed by atoms with Crippen LogP contribution in [0.5, 0.6) is 0 Å². The van der Waals surface area contributed by atoms with Gasteiger partial charge in [-0.25, -0.2) is 9.78 Å². The van der Waals surface area contributed by atoms with Crippen LogP contribution in [0.3, 0.4) is 0 Å². The van der Waals surface area contributed by atoms with Crippen molar-refractivity contribution in [3.63, 3.8) is 0 Å². The molecule has 1 saturated heterocycles. The third-order valence-electron chi connectivity index (χ3n) is 11.5. The number of hydrogen-bond acceptors (Lipinski definition) is 10. The Labute approximate surface area is 370 Å². The fourth-order valence-electron chi connectivity index (χ4n) is 8.10. The van der Waals surface area contributed by atoms with Crippen molar-refractivity contribution >= 4 is 41.1 Å². The molecule has 1 aliphatic carbocycles. The Morgan fingerprint density at radius 3 is 2.16 bits per heavy atom. The molecule has 0 unspecified atom stereocenters. The highest BCUT2D eigenvalue weighted by Gasteiger charge is 2.45. The number of carbonyl (C=O) groups excluding carboxylic acids is 5. The predicted molar refractivity (Wildman–Crippen MR) is 238 cm³/mol. The summed E-state index contributed by atoms with van der Waals surface area (Å²) in [4.78, 5) is 71.7. The van der Waals surface area contributed by atoms with Gasteiger partial charge in [-0.1, -0.05) is 69.3 Å². The van der Waals surface area contributed by atoms with Crippen molar-refractivity contribution in [1.29, 1.82) is 0 Å². The number of β-amino-alcohol motifs (C(OH)–C–C–N with tert-alkyl or cyclic N) is 1. The molecule has 62 heavy (non-hydrogen) atoms. The Morgan fingerprint density at radius 1 is 0.919 bits per heavy atom. The number of hydrogen-bond donors (Lipinski definition) is 5. The Balaban J connectivity index is 1.06. The van der Waals surface area contributed by atoms with E-state index in [-0.39, 0.29) is 49.6 Å². The fourth-order valence-corrected chi connectivity index (χ4v) is 8.91. The number of nitrogens with two attached hydrogens (primary N) is 1. The van der Waals surface area contributed by atoms with Gasteiger partial charge < -0.3 is 41.2 Å². The molecule has 2 aliphatic rings. The number of aryl methyl sites for hydroxylation is 1. The lowest BCUT2D eigenvalue weighted by molar-refractivity contribution is -0.144. The Hall–Kier alpha value is -4.86. The van der Waals surface area contributed by atoms with Crippen molar-refractivity contribution in [1.82, 2.24) is 25.8 Å². The molecule has 6 N–H and O–H groups in total. The summed E-state index contributed by atoms with van der Waals surface area (Å²) in [5, 5.41) is 19.4. The SMILES string of the molecule is Cc1ncsc1-c1ccc(CNC(=O)[C@@H]2C[C@@H](O)CN2C(=O)[C@@H](NC(=O)CC2CC(Cc3ccc(CO[C@H](C)[C@H](CCC(N)=O)NC(=O)OC(C)(C)C)cc3)C2)C(C)(C)C)cc1. The maximum Gasteiger partial charge on any atom is 0.407 e. The Bertz CT molecular complexity index is 2000. The average Bonchev–Trinajstić information content (AvgIpc) is 3.80. The maximum atomic E-state index is 14.1. The summed E-state index contributed by atoms with van der Waals surface area (Å²) in [6.07, 6.45) is 1.71. The number of nitrogens with one attached hydrogen (secondary N) is 3. The highest BCUT2D eigenvalue weighted by atomic mass is 32.1. The third kappa shape index (κ3) is 14.1. The number of ether oxygens (including phenoxy) is 2. The van der Waals surface area contributed by atoms with Gasteiger partial charge in [-0.15, -0.1) is 11.3 Å². The van der Waals surface area contributed by atoms with E-state index in [1.807, 2.05) is 76.5 Å². The molecular formula is C47H66N6O8S. The molecule has 0 radical (unpaired) electrons. The highest BCUT2D eigenvalue weighted by molar-refractivity contribution is 7.13. The first-order chi connectivity index (χ1) is 29.1. The van der Waals surface area contributed by atoms with E-state index in [4.69, 9.17) is 15.2 Å². The van der Waals surface area contributed by atoms with Gasteiger partial charge in [-0.3, -0.25) is 19.2 Å². The van der Waals surface area contributed by atoms with E-state index in [0.717, 1.165) is 46.5 Å². The zero-order valence-corrected chi connectivity index (χ0v) is 38.3. The number of alkyl carbamates (subject to hydrolysis) is 1. The van der Waals surface area contributed by atoms with Gasteiger partial charge in [0.2, 0.25) is 23.6 Å². The molecular weight excluding hydrogens is 809 g/mol. The van der Waals surface area contributed by atoms with Gasteiger partial charge in [0.05, 0.1) is 40.9 Å². The number of likely N-dealkylation sites (tertiary alicyclic amines) is 1. The predicted octanol–water partition coefficient (Wildman–Crippen LogP) is 5.95. The molecule has 5 amide bonds. The smallest absolute Gasteiger partial charge is 0.407 e. The van der Waals surface area contributed by atoms with Crippen molar-refractivity contribution in [3.05, 3.63) is 76.4 Å². The minimum atomic E-state index is -0.873. The van der Waals surface area contributed by atoms with Crippen molar-refractivity contribution in [2.45, 2.75) is 149 Å². The molecule has 5 atom stereocenters. The van der Waals surface area contributed by atoms with Crippen LogP contribution in [0, 0.1) is 24.2 Å². The summed E-state index contributed by atoms with van der Waals surface area (Å²) in [7, 11) is 0. The minimum absolute atomic E-state index is 0.0197. The summed E-state index contributed by atoms with van der Waals surface area (Å²) in [6, 6.07) is 13.9. The van der Waals surface area contributed by atoms with Gasteiger partial charge in [0.15, 0.2) is 0 Å². The number of thiazole rings is 1. The zero-order chi connectivity index (χ0) is 45.4. The average molecular weight is 875 g/mol. The third-order valence-corrected chi connectivity index (χ3v) is 12.5. The summed E-state index contributed by atoms with van der Waals surface area (Å²) in [5.74, 6) is -0.732. The molecule has 1 saturated carbocycles. The van der Waals surface area contributed by atoms with E-state index in [2.05, 4.69) is 33.1 Å². The standard InChI is InChI=1S/C47H66N6O8S/c1-28-41(62-27-50-28)35-15-13-31(14-16-35)24-49-43(57)38-23-36(54)25-53(38)44(58)42(46(3,4)5)52-40(56)22-34-20-33(21-34)19-30-9-11-32(12-10-30)26-60-29(2)37(17-18-39(48)55)51-45(59)61-47(6,7)8/h9-16,27,29,33-34,36-38,42,54H,17-26H2,1-8H3,(H2,48,55)(H,49,57)(H,51,59)(H,52,56)/t29-,33?,34?,36-,37+,38+,42-/m1/s1. The number of aliphatic hydroxyl groups is 1. The molecule has 0 spiro atoms. The van der Waals surface area contributed by atoms with Crippen LogP contribution in [0.4, 0.5) is 4.79 Å². The molecule has 338 valence electrons. The second-order valence-electron chi connectivity index (χ2n) is 19.1. The van der Waals surface area contributed by atoms with E-state index in [9.17, 15) is 29.1 Å². The van der Waals surface area contributed by atoms with Crippen LogP contribution in [0.25, 0.3) is 10.4 Å². The molecule has 1 aliphatic heterocycles. The topological polar surface area (TPSA) is 202 Å². The molecule has 0 bridgehead atoms. The van der Waals surface area contributed by atoms with Crippen LogP contribution in [0.15, 0.2) is 54.0 Å². The second kappa shape index (κ2) is 21.0. The largest absolute Gasteiger partial charge is 0.444 e. The summed E-state index contributed by atoms with van der Waals surface area (Å²) >= 11 is 1.58. The van der Waals surface area contributed by atoms with Crippen LogP contribution in [0.1, 0.15) is 109 Å². The quantitative estimate of drug-likeness (QED) is 0.102. The van der Waals surface area contributed by atoms with Crippen molar-refractivity contribution < 1.29 is 38.6 Å². The van der Waals surface area contributed by atoms with E-state index in [1.165, 1.54) is 10.5 Å². The first-order valence-electron chi connectivity index (χ1n) is 21.7. The number of primary amides is 1. The number of benzene rings is 2. The first-order valence-corrected chi connectivity index (χ1v) is 22.6. The maximum absolute atomic E-state index is 14.1. The van der Waals surface area contributed by atoms with Gasteiger partial charge in [0.25, 0.3) is 0 Å². The van der Waals surface area contributed by atoms with Crippen LogP contribution in [-0.4, -0.2) is 87.2 Å². The van der Waals surface area contributed by atoms with E-state index in [0.29, 0.717) is 25.4 Å². The Kier molecular flexibility index (Phi) is 16.3. The van der Waals surface area contributed by atoms with Crippen molar-refractivity contribution in [2.24, 2.45) is 23.0 Å². The van der Waals surface area contributed by atoms with Crippen LogP contribution in [0.2, 0.25) is 0 Å². The molecule has 2 fully saturated rings. The fraction of sp³-hybridized carbons (Fsp3) is 0.574. The summed E-state index contributed by atoms with van der Waals surface area (Å²) < 4.78 is 11.5. The van der Waals surface area contributed by atoms with E-state index >= 15 is 0 Å². The minimum Gasteiger partial charge on any atom is -0.444 e. The number of nitrogens with zero attached hydrogens (tertiary/aromatic N) is 2. The lowest BCUT2D eigenvalue weighted by Crippen LogP contribution is -2.58. The zero-order valence-electron chi connectivity index (χ0n) is 37.5. The normalized spacial score (nSPS) is 20.4. The van der Waals surface area contributed by atoms with E-state index < -0.39 is 53.3 Å². The van der Waals surface area contributed by atoms with Gasteiger partial charge in [-0.2, -0.15) is 0 Å². The lowest BCUT2D eigenvalue weighted by Gasteiger charge is -2.37. The summed E-state index contributed by atoms with van der Waals surface area (Å²) in [5.41, 5.74) is 11.0. The lowest BCUT2D eigenvalue weighted by atomic mass is 9.70. The van der Waals surface area contributed by atoms with Crippen LogP contribution in [-0.2, 0) is 48.2 Å². The Morgan fingerprint density at radius 2 is 1.56 bits per heavy atom. The van der Waals surface area contributed by atoms with Gasteiger partial charge in [0, 0.05) is 32.4 Å². The molecule has 15 heteroatoms. The van der Waals surface area contributed by atoms with Crippen molar-refractivity contribution in [3.8, 4) is 10.4 Å². The molecule has 1 aromatic heterocycles. The number of aromatic nitrogens is 1.